The number of aromatic hydroxyl groups is 1. The van der Waals surface area contributed by atoms with Crippen molar-refractivity contribution in [2.24, 2.45) is 5.10 Å². The van der Waals surface area contributed by atoms with Crippen LogP contribution in [0.1, 0.15) is 51.0 Å². The van der Waals surface area contributed by atoms with E-state index in [2.05, 4.69) is 16.9 Å². The summed E-state index contributed by atoms with van der Waals surface area (Å²) in [4.78, 5) is 2.23. The molecule has 0 unspecified atom stereocenters. The zero-order chi connectivity index (χ0) is 18.1. The van der Waals surface area contributed by atoms with Crippen LogP contribution < -0.4 is 4.83 Å². The number of sulfonamides is 1. The molecule has 2 N–H and O–H groups in total. The second-order valence-corrected chi connectivity index (χ2v) is 7.98. The second-order valence-electron chi connectivity index (χ2n) is 6.16. The lowest BCUT2D eigenvalue weighted by Gasteiger charge is -2.06. The first-order valence-corrected chi connectivity index (χ1v) is 10.4. The third kappa shape index (κ3) is 6.05. The predicted molar refractivity (Wildman–Crippen MR) is 104 cm³/mol. The van der Waals surface area contributed by atoms with Crippen LogP contribution in [0.15, 0.2) is 41.5 Å². The molecule has 0 saturated heterocycles. The predicted octanol–water partition coefficient (Wildman–Crippen LogP) is 4.16. The van der Waals surface area contributed by atoms with Crippen LogP contribution in [0.5, 0.6) is 5.75 Å². The Balaban J connectivity index is 1.93. The monoisotopic (exact) mass is 362 g/mol. The molecule has 0 radical (unpaired) electrons. The zero-order valence-electron chi connectivity index (χ0n) is 14.6. The van der Waals surface area contributed by atoms with Crippen molar-refractivity contribution in [2.45, 2.75) is 45.4 Å². The number of nitrogens with one attached hydrogen (secondary N) is 1. The Morgan fingerprint density at radius 2 is 1.76 bits per heavy atom. The molecule has 136 valence electrons. The highest BCUT2D eigenvalue weighted by atomic mass is 32.2. The van der Waals surface area contributed by atoms with Gasteiger partial charge in [0.05, 0.1) is 12.0 Å². The van der Waals surface area contributed by atoms with Gasteiger partial charge in [0.25, 0.3) is 0 Å². The summed E-state index contributed by atoms with van der Waals surface area (Å²) >= 11 is 0. The first-order chi connectivity index (χ1) is 12.0. The van der Waals surface area contributed by atoms with Gasteiger partial charge < -0.3 is 5.11 Å². The molecule has 0 spiro atoms. The van der Waals surface area contributed by atoms with Gasteiger partial charge in [-0.3, -0.25) is 0 Å². The van der Waals surface area contributed by atoms with Crippen molar-refractivity contribution < 1.29 is 13.5 Å². The van der Waals surface area contributed by atoms with Gasteiger partial charge in [-0.1, -0.05) is 69.4 Å². The van der Waals surface area contributed by atoms with Crippen molar-refractivity contribution in [3.05, 3.63) is 42.0 Å². The molecule has 0 aromatic heterocycles. The molecule has 6 heteroatoms. The Bertz CT molecular complexity index is 817. The number of nitrogens with zero attached hydrogens (tertiary/aromatic N) is 1. The van der Waals surface area contributed by atoms with E-state index in [1.807, 2.05) is 30.3 Å². The quantitative estimate of drug-likeness (QED) is 0.378. The first-order valence-electron chi connectivity index (χ1n) is 8.77. The summed E-state index contributed by atoms with van der Waals surface area (Å²) in [6.45, 7) is 2.15. The SMILES string of the molecule is CCCCCCCCS(=O)(=O)N/N=C\c1c(O)ccc2ccccc12. The van der Waals surface area contributed by atoms with Crippen molar-refractivity contribution >= 4 is 27.0 Å². The highest BCUT2D eigenvalue weighted by molar-refractivity contribution is 7.89. The Morgan fingerprint density at radius 3 is 2.56 bits per heavy atom. The highest BCUT2D eigenvalue weighted by Gasteiger charge is 2.09. The number of rotatable bonds is 10. The van der Waals surface area contributed by atoms with E-state index in [0.29, 0.717) is 12.0 Å². The van der Waals surface area contributed by atoms with Crippen molar-refractivity contribution in [1.29, 1.82) is 0 Å². The van der Waals surface area contributed by atoms with Crippen molar-refractivity contribution in [2.75, 3.05) is 5.75 Å². The van der Waals surface area contributed by atoms with E-state index in [0.717, 1.165) is 30.0 Å². The topological polar surface area (TPSA) is 78.8 Å². The Hall–Kier alpha value is -2.08. The minimum absolute atomic E-state index is 0.0672. The van der Waals surface area contributed by atoms with E-state index in [9.17, 15) is 13.5 Å². The molecule has 0 heterocycles. The third-order valence-corrected chi connectivity index (χ3v) is 5.31. The lowest BCUT2D eigenvalue weighted by molar-refractivity contribution is 0.475. The molecular formula is C19H26N2O3S. The van der Waals surface area contributed by atoms with E-state index in [-0.39, 0.29) is 11.5 Å². The van der Waals surface area contributed by atoms with Crippen molar-refractivity contribution in [3.8, 4) is 5.75 Å². The molecule has 0 fully saturated rings. The maximum Gasteiger partial charge on any atom is 0.247 e. The fraction of sp³-hybridized carbons (Fsp3) is 0.421. The average molecular weight is 362 g/mol. The number of hydrogen-bond donors (Lipinski definition) is 2. The molecule has 2 aromatic carbocycles. The molecule has 2 rings (SSSR count). The summed E-state index contributed by atoms with van der Waals surface area (Å²) in [6, 6.07) is 10.9. The Kier molecular flexibility index (Phi) is 7.25. The van der Waals surface area contributed by atoms with Crippen LogP contribution in [0, 0.1) is 0 Å². The summed E-state index contributed by atoms with van der Waals surface area (Å²) in [7, 11) is -3.44. The van der Waals surface area contributed by atoms with E-state index in [1.165, 1.54) is 19.1 Å². The fourth-order valence-corrected chi connectivity index (χ4v) is 3.60. The van der Waals surface area contributed by atoms with E-state index in [1.54, 1.807) is 6.07 Å². The van der Waals surface area contributed by atoms with Gasteiger partial charge in [-0.2, -0.15) is 5.10 Å². The molecule has 0 aliphatic carbocycles. The third-order valence-electron chi connectivity index (χ3n) is 4.10. The molecule has 0 aliphatic rings. The van der Waals surface area contributed by atoms with E-state index < -0.39 is 10.0 Å². The van der Waals surface area contributed by atoms with Crippen LogP contribution in [0.4, 0.5) is 0 Å². The second kappa shape index (κ2) is 9.42. The molecule has 0 bridgehead atoms. The molecule has 0 aliphatic heterocycles. The number of fused-ring (bicyclic) bond motifs is 1. The van der Waals surface area contributed by atoms with Gasteiger partial charge in [0.2, 0.25) is 10.0 Å². The van der Waals surface area contributed by atoms with E-state index >= 15 is 0 Å². The number of hydrazone groups is 1. The maximum absolute atomic E-state index is 12.0. The number of unbranched alkanes of at least 4 members (excludes halogenated alkanes) is 5. The minimum atomic E-state index is -3.44. The number of benzene rings is 2. The number of phenols is 1. The Labute approximate surface area is 149 Å². The van der Waals surface area contributed by atoms with Gasteiger partial charge in [0.15, 0.2) is 0 Å². The van der Waals surface area contributed by atoms with Crippen molar-refractivity contribution in [3.63, 3.8) is 0 Å². The van der Waals surface area contributed by atoms with Gasteiger partial charge >= 0.3 is 0 Å². The standard InChI is InChI=1S/C19H26N2O3S/c1-2-3-4-5-6-9-14-25(23,24)21-20-15-18-17-11-8-7-10-16(17)12-13-19(18)22/h7-8,10-13,15,21-22H,2-6,9,14H2,1H3/b20-15-. The fourth-order valence-electron chi connectivity index (χ4n) is 2.71. The van der Waals surface area contributed by atoms with Gasteiger partial charge in [-0.25, -0.2) is 13.2 Å². The lowest BCUT2D eigenvalue weighted by Crippen LogP contribution is -2.21. The van der Waals surface area contributed by atoms with Crippen LogP contribution in [-0.4, -0.2) is 25.5 Å². The van der Waals surface area contributed by atoms with Gasteiger partial charge in [-0.15, -0.1) is 0 Å². The zero-order valence-corrected chi connectivity index (χ0v) is 15.4. The maximum atomic E-state index is 12.0. The largest absolute Gasteiger partial charge is 0.507 e. The van der Waals surface area contributed by atoms with Crippen LogP contribution >= 0.6 is 0 Å². The lowest BCUT2D eigenvalue weighted by atomic mass is 10.0. The molecule has 25 heavy (non-hydrogen) atoms. The smallest absolute Gasteiger partial charge is 0.247 e. The van der Waals surface area contributed by atoms with E-state index in [4.69, 9.17) is 0 Å². The molecular weight excluding hydrogens is 336 g/mol. The number of hydrogen-bond acceptors (Lipinski definition) is 4. The highest BCUT2D eigenvalue weighted by Crippen LogP contribution is 2.25. The Morgan fingerprint density at radius 1 is 1.04 bits per heavy atom. The van der Waals surface area contributed by atoms with Gasteiger partial charge in [0.1, 0.15) is 5.75 Å². The molecule has 0 amide bonds. The first kappa shape index (κ1) is 19.2. The molecule has 0 saturated carbocycles. The normalized spacial score (nSPS) is 12.0. The molecule has 0 atom stereocenters. The average Bonchev–Trinajstić information content (AvgIpc) is 2.60. The van der Waals surface area contributed by atoms with Crippen molar-refractivity contribution in [1.82, 2.24) is 4.83 Å². The van der Waals surface area contributed by atoms with Crippen LogP contribution in [0.3, 0.4) is 0 Å². The summed E-state index contributed by atoms with van der Waals surface area (Å²) in [6.07, 6.45) is 7.50. The minimum Gasteiger partial charge on any atom is -0.507 e. The van der Waals surface area contributed by atoms with Crippen LogP contribution in [0.2, 0.25) is 0 Å². The number of phenolic OH excluding ortho intramolecular Hbond substituents is 1. The summed E-state index contributed by atoms with van der Waals surface area (Å²) < 4.78 is 23.9. The van der Waals surface area contributed by atoms with Gasteiger partial charge in [-0.05, 0) is 23.3 Å². The summed E-state index contributed by atoms with van der Waals surface area (Å²) in [5.74, 6) is 0.135. The molecule has 5 nitrogen and oxygen atoms in total. The van der Waals surface area contributed by atoms with Crippen LogP contribution in [-0.2, 0) is 10.0 Å². The van der Waals surface area contributed by atoms with Crippen LogP contribution in [0.25, 0.3) is 10.8 Å². The summed E-state index contributed by atoms with van der Waals surface area (Å²) in [5.41, 5.74) is 0.500. The summed E-state index contributed by atoms with van der Waals surface area (Å²) in [5, 5.41) is 15.6. The molecule has 2 aromatic rings. The van der Waals surface area contributed by atoms with Gasteiger partial charge in [0, 0.05) is 5.56 Å².